The first-order chi connectivity index (χ1) is 11.0. The summed E-state index contributed by atoms with van der Waals surface area (Å²) in [6.45, 7) is 2.75. The van der Waals surface area contributed by atoms with Gasteiger partial charge < -0.3 is 10.1 Å². The van der Waals surface area contributed by atoms with Gasteiger partial charge in [0.1, 0.15) is 0 Å². The van der Waals surface area contributed by atoms with Crippen LogP contribution in [0.1, 0.15) is 71.1 Å². The number of unbranched alkanes of at least 4 members (excludes halogenated alkanes) is 9. The van der Waals surface area contributed by atoms with Crippen molar-refractivity contribution in [3.63, 3.8) is 0 Å². The van der Waals surface area contributed by atoms with Crippen LogP contribution in [0.25, 0.3) is 0 Å². The summed E-state index contributed by atoms with van der Waals surface area (Å²) in [5.74, 6) is 0.0895. The molecule has 6 nitrogen and oxygen atoms in total. The Morgan fingerprint density at radius 3 is 2.04 bits per heavy atom. The zero-order valence-corrected chi connectivity index (χ0v) is 15.7. The second-order valence-corrected chi connectivity index (χ2v) is 8.96. The Kier molecular flexibility index (Phi) is 14.8. The molecule has 0 atom stereocenters. The van der Waals surface area contributed by atoms with E-state index in [0.29, 0.717) is 17.4 Å². The van der Waals surface area contributed by atoms with E-state index in [4.69, 9.17) is 9.29 Å². The van der Waals surface area contributed by atoms with Crippen LogP contribution < -0.4 is 5.32 Å². The first kappa shape index (κ1) is 22.5. The van der Waals surface area contributed by atoms with Gasteiger partial charge in [-0.2, -0.15) is 8.42 Å². The Morgan fingerprint density at radius 1 is 1.00 bits per heavy atom. The van der Waals surface area contributed by atoms with E-state index in [1.807, 2.05) is 0 Å². The molecular weight excluding hydrogens is 338 g/mol. The van der Waals surface area contributed by atoms with Crippen LogP contribution in [0.5, 0.6) is 0 Å². The lowest BCUT2D eigenvalue weighted by atomic mass is 10.1. The van der Waals surface area contributed by atoms with Gasteiger partial charge in [-0.3, -0.25) is 4.55 Å². The van der Waals surface area contributed by atoms with Gasteiger partial charge in [-0.15, -0.1) is 0 Å². The number of hydrogen-bond acceptors (Lipinski definition) is 5. The summed E-state index contributed by atoms with van der Waals surface area (Å²) in [5, 5.41) is 2.43. The second-order valence-electron chi connectivity index (χ2n) is 5.49. The molecule has 0 rings (SSSR count). The summed E-state index contributed by atoms with van der Waals surface area (Å²) in [6, 6.07) is 0. The molecule has 0 aliphatic carbocycles. The van der Waals surface area contributed by atoms with Crippen molar-refractivity contribution in [2.24, 2.45) is 0 Å². The molecule has 0 aliphatic heterocycles. The van der Waals surface area contributed by atoms with Crippen molar-refractivity contribution in [1.29, 1.82) is 0 Å². The molecule has 0 aromatic rings. The highest BCUT2D eigenvalue weighted by molar-refractivity contribution is 8.69. The van der Waals surface area contributed by atoms with Gasteiger partial charge in [-0.05, 0) is 17.2 Å². The molecule has 0 saturated carbocycles. The molecule has 138 valence electrons. The van der Waals surface area contributed by atoms with Crippen molar-refractivity contribution >= 4 is 26.0 Å². The Morgan fingerprint density at radius 2 is 1.52 bits per heavy atom. The third-order valence-corrected chi connectivity index (χ3v) is 5.40. The van der Waals surface area contributed by atoms with Gasteiger partial charge in [0.05, 0.1) is 6.61 Å². The van der Waals surface area contributed by atoms with E-state index in [2.05, 4.69) is 12.2 Å². The third-order valence-electron chi connectivity index (χ3n) is 3.33. The van der Waals surface area contributed by atoms with E-state index in [1.165, 1.54) is 51.4 Å². The molecule has 0 radical (unpaired) electrons. The molecular formula is C15H31NO5S2. The summed E-state index contributed by atoms with van der Waals surface area (Å²) >= 11 is 0. The van der Waals surface area contributed by atoms with E-state index in [1.54, 1.807) is 0 Å². The van der Waals surface area contributed by atoms with Crippen LogP contribution in [-0.2, 0) is 13.9 Å². The minimum atomic E-state index is -4.04. The highest BCUT2D eigenvalue weighted by atomic mass is 33.1. The number of hydrogen-bond donors (Lipinski definition) is 2. The predicted molar refractivity (Wildman–Crippen MR) is 95.2 cm³/mol. The molecule has 0 heterocycles. The lowest BCUT2D eigenvalue weighted by Crippen LogP contribution is -2.27. The number of nitrogens with one attached hydrogen (secondary N) is 1. The van der Waals surface area contributed by atoms with Crippen molar-refractivity contribution in [2.75, 3.05) is 18.9 Å². The lowest BCUT2D eigenvalue weighted by molar-refractivity contribution is 0.144. The Balaban J connectivity index is 3.23. The van der Waals surface area contributed by atoms with Crippen molar-refractivity contribution in [1.82, 2.24) is 5.32 Å². The molecule has 0 spiro atoms. The van der Waals surface area contributed by atoms with Crippen molar-refractivity contribution < 1.29 is 22.5 Å². The van der Waals surface area contributed by atoms with E-state index in [0.717, 1.165) is 12.8 Å². The molecule has 0 aliphatic rings. The topological polar surface area (TPSA) is 92.7 Å². The number of carbonyl (C=O) groups is 1. The SMILES string of the molecule is CCCCCCCCCCCCOC(=O)NCCSS(=O)(=O)O. The van der Waals surface area contributed by atoms with Crippen molar-refractivity contribution in [3.05, 3.63) is 0 Å². The highest BCUT2D eigenvalue weighted by Crippen LogP contribution is 2.10. The first-order valence-corrected chi connectivity index (χ1v) is 11.4. The zero-order chi connectivity index (χ0) is 17.4. The maximum absolute atomic E-state index is 11.3. The minimum absolute atomic E-state index is 0.0895. The molecule has 0 aromatic carbocycles. The van der Waals surface area contributed by atoms with E-state index in [9.17, 15) is 13.2 Å². The average Bonchev–Trinajstić information content (AvgIpc) is 2.48. The summed E-state index contributed by atoms with van der Waals surface area (Å²) in [6.07, 6.45) is 11.7. The van der Waals surface area contributed by atoms with Crippen LogP contribution >= 0.6 is 10.8 Å². The smallest absolute Gasteiger partial charge is 0.407 e. The second kappa shape index (κ2) is 15.1. The fraction of sp³-hybridized carbons (Fsp3) is 0.933. The number of carbonyl (C=O) groups excluding carboxylic acids is 1. The van der Waals surface area contributed by atoms with E-state index in [-0.39, 0.29) is 12.3 Å². The Labute approximate surface area is 144 Å². The van der Waals surface area contributed by atoms with Gasteiger partial charge in [-0.25, -0.2) is 4.79 Å². The summed E-state index contributed by atoms with van der Waals surface area (Å²) < 4.78 is 34.3. The van der Waals surface area contributed by atoms with Gasteiger partial charge in [-0.1, -0.05) is 64.7 Å². The van der Waals surface area contributed by atoms with E-state index < -0.39 is 15.2 Å². The quantitative estimate of drug-likeness (QED) is 0.256. The van der Waals surface area contributed by atoms with Gasteiger partial charge >= 0.3 is 15.2 Å². The predicted octanol–water partition coefficient (Wildman–Crippen LogP) is 4.17. The van der Waals surface area contributed by atoms with Gasteiger partial charge in [0.25, 0.3) is 0 Å². The monoisotopic (exact) mass is 369 g/mol. The number of alkyl carbamates (subject to hydrolysis) is 1. The van der Waals surface area contributed by atoms with Crippen LogP contribution in [0.2, 0.25) is 0 Å². The van der Waals surface area contributed by atoms with Crippen molar-refractivity contribution in [2.45, 2.75) is 71.1 Å². The fourth-order valence-corrected chi connectivity index (χ4v) is 3.38. The maximum atomic E-state index is 11.3. The van der Waals surface area contributed by atoms with E-state index >= 15 is 0 Å². The maximum Gasteiger partial charge on any atom is 0.407 e. The molecule has 0 fully saturated rings. The Hall–Kier alpha value is -0.470. The van der Waals surface area contributed by atoms with Crippen LogP contribution in [0, 0.1) is 0 Å². The van der Waals surface area contributed by atoms with Crippen LogP contribution in [-0.4, -0.2) is 38.0 Å². The van der Waals surface area contributed by atoms with Crippen LogP contribution in [0.15, 0.2) is 0 Å². The molecule has 8 heteroatoms. The molecule has 1 amide bonds. The Bertz CT molecular complexity index is 387. The number of rotatable bonds is 15. The van der Waals surface area contributed by atoms with Crippen LogP contribution in [0.3, 0.4) is 0 Å². The summed E-state index contributed by atoms with van der Waals surface area (Å²) in [7, 11) is -3.66. The fourth-order valence-electron chi connectivity index (χ4n) is 2.11. The normalized spacial score (nSPS) is 11.4. The average molecular weight is 370 g/mol. The molecule has 0 saturated heterocycles. The first-order valence-electron chi connectivity index (χ1n) is 8.48. The van der Waals surface area contributed by atoms with Gasteiger partial charge in [0, 0.05) is 12.3 Å². The third kappa shape index (κ3) is 19.5. The molecule has 0 bridgehead atoms. The standard InChI is InChI=1S/C15H31NO5S2/c1-2-3-4-5-6-7-8-9-10-11-13-21-15(17)16-12-14-22-23(18,19)20/h2-14H2,1H3,(H,16,17)(H,18,19,20). The van der Waals surface area contributed by atoms with Gasteiger partial charge in [0.2, 0.25) is 0 Å². The molecule has 2 N–H and O–H groups in total. The lowest BCUT2D eigenvalue weighted by Gasteiger charge is -2.06. The molecule has 23 heavy (non-hydrogen) atoms. The minimum Gasteiger partial charge on any atom is -0.450 e. The largest absolute Gasteiger partial charge is 0.450 e. The number of amides is 1. The molecule has 0 aromatic heterocycles. The summed E-state index contributed by atoms with van der Waals surface area (Å²) in [5.41, 5.74) is 0. The van der Waals surface area contributed by atoms with Crippen LogP contribution in [0.4, 0.5) is 4.79 Å². The zero-order valence-electron chi connectivity index (χ0n) is 14.1. The van der Waals surface area contributed by atoms with Gasteiger partial charge in [0.15, 0.2) is 0 Å². The van der Waals surface area contributed by atoms with Crippen molar-refractivity contribution in [3.8, 4) is 0 Å². The highest BCUT2D eigenvalue weighted by Gasteiger charge is 2.06. The molecule has 0 unspecified atom stereocenters. The summed E-state index contributed by atoms with van der Waals surface area (Å²) in [4.78, 5) is 11.3. The number of ether oxygens (including phenoxy) is 1.